The molecular formula is C11H20N2O2. The maximum atomic E-state index is 12.1. The molecule has 0 saturated carbocycles. The van der Waals surface area contributed by atoms with Gasteiger partial charge < -0.3 is 15.3 Å². The van der Waals surface area contributed by atoms with Gasteiger partial charge >= 0.3 is 0 Å². The Labute approximate surface area is 90.6 Å². The lowest BCUT2D eigenvalue weighted by Crippen LogP contribution is -2.45. The minimum atomic E-state index is 0.0828. The number of aliphatic hydroxyl groups excluding tert-OH is 1. The van der Waals surface area contributed by atoms with Gasteiger partial charge in [0.2, 0.25) is 5.91 Å². The predicted octanol–water partition coefficient (Wildman–Crippen LogP) is -0.0307. The van der Waals surface area contributed by atoms with Gasteiger partial charge in [-0.25, -0.2) is 0 Å². The van der Waals surface area contributed by atoms with Gasteiger partial charge in [-0.05, 0) is 32.2 Å². The van der Waals surface area contributed by atoms with E-state index in [0.29, 0.717) is 0 Å². The second-order valence-electron chi connectivity index (χ2n) is 4.55. The molecule has 0 aromatic carbocycles. The third kappa shape index (κ3) is 2.32. The fraction of sp³-hybridized carbons (Fsp3) is 0.909. The molecule has 4 nitrogen and oxygen atoms in total. The van der Waals surface area contributed by atoms with Gasteiger partial charge in [0.1, 0.15) is 0 Å². The van der Waals surface area contributed by atoms with Crippen molar-refractivity contribution in [2.24, 2.45) is 5.92 Å². The Morgan fingerprint density at radius 2 is 2.27 bits per heavy atom. The Morgan fingerprint density at radius 3 is 2.93 bits per heavy atom. The highest BCUT2D eigenvalue weighted by molar-refractivity contribution is 5.79. The molecular weight excluding hydrogens is 192 g/mol. The van der Waals surface area contributed by atoms with Gasteiger partial charge in [-0.2, -0.15) is 0 Å². The molecule has 2 saturated heterocycles. The van der Waals surface area contributed by atoms with Crippen LogP contribution in [-0.4, -0.2) is 48.2 Å². The van der Waals surface area contributed by atoms with Crippen LogP contribution in [0.5, 0.6) is 0 Å². The summed E-state index contributed by atoms with van der Waals surface area (Å²) in [5, 5.41) is 12.4. The molecule has 0 radical (unpaired) electrons. The number of rotatable bonds is 2. The minimum Gasteiger partial charge on any atom is -0.394 e. The van der Waals surface area contributed by atoms with E-state index in [9.17, 15) is 9.90 Å². The van der Waals surface area contributed by atoms with Crippen LogP contribution in [0.3, 0.4) is 0 Å². The molecule has 0 aromatic rings. The fourth-order valence-corrected chi connectivity index (χ4v) is 2.61. The van der Waals surface area contributed by atoms with Crippen molar-refractivity contribution in [2.45, 2.75) is 31.7 Å². The van der Waals surface area contributed by atoms with Gasteiger partial charge in [0.15, 0.2) is 0 Å². The van der Waals surface area contributed by atoms with Gasteiger partial charge in [0, 0.05) is 13.1 Å². The van der Waals surface area contributed by atoms with E-state index >= 15 is 0 Å². The Morgan fingerprint density at radius 1 is 1.40 bits per heavy atom. The van der Waals surface area contributed by atoms with Gasteiger partial charge in [-0.15, -0.1) is 0 Å². The van der Waals surface area contributed by atoms with Crippen molar-refractivity contribution < 1.29 is 9.90 Å². The van der Waals surface area contributed by atoms with Crippen LogP contribution in [0, 0.1) is 5.92 Å². The van der Waals surface area contributed by atoms with Crippen LogP contribution in [0.1, 0.15) is 25.7 Å². The van der Waals surface area contributed by atoms with Crippen molar-refractivity contribution in [3.63, 3.8) is 0 Å². The number of amides is 1. The zero-order valence-corrected chi connectivity index (χ0v) is 9.11. The molecule has 2 aliphatic rings. The third-order valence-corrected chi connectivity index (χ3v) is 3.52. The summed E-state index contributed by atoms with van der Waals surface area (Å²) in [6.07, 6.45) is 4.09. The Bertz CT molecular complexity index is 227. The molecule has 0 aliphatic carbocycles. The summed E-state index contributed by atoms with van der Waals surface area (Å²) < 4.78 is 0. The summed E-state index contributed by atoms with van der Waals surface area (Å²) in [5.41, 5.74) is 0. The fourth-order valence-electron chi connectivity index (χ4n) is 2.61. The molecule has 2 N–H and O–H groups in total. The predicted molar refractivity (Wildman–Crippen MR) is 57.4 cm³/mol. The Hall–Kier alpha value is -0.610. The first kappa shape index (κ1) is 10.9. The maximum Gasteiger partial charge on any atom is 0.227 e. The summed E-state index contributed by atoms with van der Waals surface area (Å²) in [7, 11) is 0. The molecule has 2 rings (SSSR count). The van der Waals surface area contributed by atoms with E-state index in [1.165, 1.54) is 0 Å². The lowest BCUT2D eigenvalue weighted by molar-refractivity contribution is -0.137. The molecule has 2 fully saturated rings. The van der Waals surface area contributed by atoms with Gasteiger partial charge in [-0.3, -0.25) is 4.79 Å². The molecule has 15 heavy (non-hydrogen) atoms. The van der Waals surface area contributed by atoms with Crippen LogP contribution in [0.4, 0.5) is 0 Å². The highest BCUT2D eigenvalue weighted by atomic mass is 16.3. The van der Waals surface area contributed by atoms with E-state index in [-0.39, 0.29) is 24.5 Å². The molecule has 0 bridgehead atoms. The Balaban J connectivity index is 1.93. The molecule has 2 aliphatic heterocycles. The van der Waals surface area contributed by atoms with Crippen molar-refractivity contribution in [1.29, 1.82) is 0 Å². The number of carbonyl (C=O) groups is 1. The molecule has 0 spiro atoms. The number of nitrogens with zero attached hydrogens (tertiary/aromatic N) is 1. The second kappa shape index (κ2) is 4.94. The molecule has 4 heteroatoms. The highest BCUT2D eigenvalue weighted by Crippen LogP contribution is 2.22. The minimum absolute atomic E-state index is 0.0828. The standard InChI is InChI=1S/C11H20N2O2/c14-8-10-4-2-6-13(10)11(15)9-3-1-5-12-7-9/h9-10,12,14H,1-8H2/t9-,10+/m0/s1. The lowest BCUT2D eigenvalue weighted by atomic mass is 9.98. The number of hydrogen-bond donors (Lipinski definition) is 2. The molecule has 0 unspecified atom stereocenters. The molecule has 1 amide bonds. The van der Waals surface area contributed by atoms with Crippen molar-refractivity contribution in [2.75, 3.05) is 26.2 Å². The van der Waals surface area contributed by atoms with E-state index in [4.69, 9.17) is 0 Å². The van der Waals surface area contributed by atoms with E-state index in [1.54, 1.807) is 0 Å². The van der Waals surface area contributed by atoms with Crippen molar-refractivity contribution in [3.05, 3.63) is 0 Å². The molecule has 2 heterocycles. The maximum absolute atomic E-state index is 12.1. The largest absolute Gasteiger partial charge is 0.394 e. The number of nitrogens with one attached hydrogen (secondary N) is 1. The smallest absolute Gasteiger partial charge is 0.227 e. The van der Waals surface area contributed by atoms with Crippen LogP contribution in [0.15, 0.2) is 0 Å². The van der Waals surface area contributed by atoms with E-state index in [0.717, 1.165) is 45.3 Å². The average Bonchev–Trinajstić information content (AvgIpc) is 2.77. The van der Waals surface area contributed by atoms with Crippen molar-refractivity contribution >= 4 is 5.91 Å². The van der Waals surface area contributed by atoms with E-state index < -0.39 is 0 Å². The topological polar surface area (TPSA) is 52.6 Å². The number of piperidine rings is 1. The van der Waals surface area contributed by atoms with Gasteiger partial charge in [0.25, 0.3) is 0 Å². The molecule has 86 valence electrons. The summed E-state index contributed by atoms with van der Waals surface area (Å²) in [6, 6.07) is 0.0828. The Kier molecular flexibility index (Phi) is 3.59. The van der Waals surface area contributed by atoms with Crippen LogP contribution in [0.25, 0.3) is 0 Å². The summed E-state index contributed by atoms with van der Waals surface area (Å²) in [6.45, 7) is 2.80. The van der Waals surface area contributed by atoms with Crippen LogP contribution in [-0.2, 0) is 4.79 Å². The van der Waals surface area contributed by atoms with Crippen LogP contribution in [0.2, 0.25) is 0 Å². The highest BCUT2D eigenvalue weighted by Gasteiger charge is 2.32. The number of aliphatic hydroxyl groups is 1. The van der Waals surface area contributed by atoms with Crippen LogP contribution < -0.4 is 5.32 Å². The first-order chi connectivity index (χ1) is 7.33. The van der Waals surface area contributed by atoms with E-state index in [1.807, 2.05) is 4.90 Å². The second-order valence-corrected chi connectivity index (χ2v) is 4.55. The van der Waals surface area contributed by atoms with Crippen molar-refractivity contribution in [3.8, 4) is 0 Å². The molecule has 2 atom stereocenters. The summed E-state index contributed by atoms with van der Waals surface area (Å²) in [5.74, 6) is 0.393. The number of likely N-dealkylation sites (tertiary alicyclic amines) is 1. The zero-order valence-electron chi connectivity index (χ0n) is 9.11. The van der Waals surface area contributed by atoms with E-state index in [2.05, 4.69) is 5.32 Å². The monoisotopic (exact) mass is 212 g/mol. The van der Waals surface area contributed by atoms with Crippen LogP contribution >= 0.6 is 0 Å². The van der Waals surface area contributed by atoms with Gasteiger partial charge in [-0.1, -0.05) is 0 Å². The molecule has 0 aromatic heterocycles. The lowest BCUT2D eigenvalue weighted by Gasteiger charge is -2.30. The number of carbonyl (C=O) groups excluding carboxylic acids is 1. The zero-order chi connectivity index (χ0) is 10.7. The normalized spacial score (nSPS) is 31.9. The SMILES string of the molecule is O=C([C@H]1CCCNC1)N1CCC[C@@H]1CO. The van der Waals surface area contributed by atoms with Crippen molar-refractivity contribution in [1.82, 2.24) is 10.2 Å². The first-order valence-electron chi connectivity index (χ1n) is 5.95. The quantitative estimate of drug-likeness (QED) is 0.676. The summed E-state index contributed by atoms with van der Waals surface area (Å²) >= 11 is 0. The third-order valence-electron chi connectivity index (χ3n) is 3.52. The van der Waals surface area contributed by atoms with Gasteiger partial charge in [0.05, 0.1) is 18.6 Å². The summed E-state index contributed by atoms with van der Waals surface area (Å²) in [4.78, 5) is 14.0. The first-order valence-corrected chi connectivity index (χ1v) is 5.95. The number of hydrogen-bond acceptors (Lipinski definition) is 3. The average molecular weight is 212 g/mol.